The molecule has 0 amide bonds. The quantitative estimate of drug-likeness (QED) is 0.682. The van der Waals surface area contributed by atoms with Crippen LogP contribution in [-0.2, 0) is 7.05 Å². The van der Waals surface area contributed by atoms with E-state index in [1.165, 1.54) is 5.56 Å². The van der Waals surface area contributed by atoms with E-state index in [-0.39, 0.29) is 0 Å². The lowest BCUT2D eigenvalue weighted by molar-refractivity contribution is 0.311. The van der Waals surface area contributed by atoms with Gasteiger partial charge in [0.2, 0.25) is 5.95 Å². The zero-order valence-electron chi connectivity index (χ0n) is 13.2. The number of hydrogen-bond acceptors (Lipinski definition) is 5. The van der Waals surface area contributed by atoms with Gasteiger partial charge in [0.25, 0.3) is 0 Å². The van der Waals surface area contributed by atoms with E-state index in [9.17, 15) is 0 Å². The highest BCUT2D eigenvalue weighted by molar-refractivity contribution is 6.04. The Morgan fingerprint density at radius 2 is 1.77 bits per heavy atom. The van der Waals surface area contributed by atoms with E-state index in [1.807, 2.05) is 7.05 Å². The summed E-state index contributed by atoms with van der Waals surface area (Å²) in [4.78, 5) is 9.33. The molecule has 3 aromatic rings. The minimum Gasteiger partial charge on any atom is -0.337 e. The van der Waals surface area contributed by atoms with Crippen molar-refractivity contribution in [2.45, 2.75) is 6.92 Å². The summed E-state index contributed by atoms with van der Waals surface area (Å²) in [6, 6.07) is 6.41. The number of nitrogens with zero attached hydrogens (tertiary/aromatic N) is 6. The molecule has 1 fully saturated rings. The van der Waals surface area contributed by atoms with Gasteiger partial charge in [-0.1, -0.05) is 11.6 Å². The summed E-state index contributed by atoms with van der Waals surface area (Å²) >= 11 is 0. The number of benzene rings is 1. The van der Waals surface area contributed by atoms with Crippen molar-refractivity contribution in [3.8, 4) is 0 Å². The molecule has 0 spiro atoms. The number of hydrogen-bond donors (Lipinski definition) is 0. The minimum atomic E-state index is 0.739. The Bertz CT molecular complexity index is 845. The summed E-state index contributed by atoms with van der Waals surface area (Å²) in [5.41, 5.74) is 4.17. The maximum absolute atomic E-state index is 4.79. The zero-order chi connectivity index (χ0) is 15.3. The van der Waals surface area contributed by atoms with Crippen molar-refractivity contribution >= 4 is 28.0 Å². The summed E-state index contributed by atoms with van der Waals surface area (Å²) in [5, 5.41) is 9.99. The van der Waals surface area contributed by atoms with Crippen LogP contribution in [0.3, 0.4) is 0 Å². The van der Waals surface area contributed by atoms with Gasteiger partial charge in [-0.3, -0.25) is 0 Å². The Morgan fingerprint density at radius 3 is 2.55 bits per heavy atom. The van der Waals surface area contributed by atoms with Gasteiger partial charge in [-0.25, -0.2) is 0 Å². The van der Waals surface area contributed by atoms with Crippen molar-refractivity contribution in [1.82, 2.24) is 24.6 Å². The first kappa shape index (κ1) is 13.5. The number of anilines is 1. The van der Waals surface area contributed by atoms with Gasteiger partial charge < -0.3 is 14.4 Å². The third-order valence-electron chi connectivity index (χ3n) is 4.53. The molecule has 0 bridgehead atoms. The van der Waals surface area contributed by atoms with Crippen LogP contribution in [0.15, 0.2) is 18.2 Å². The first-order valence-electron chi connectivity index (χ1n) is 7.66. The summed E-state index contributed by atoms with van der Waals surface area (Å²) in [6.45, 7) is 6.07. The maximum atomic E-state index is 4.79. The molecule has 0 aliphatic carbocycles. The van der Waals surface area contributed by atoms with Crippen molar-refractivity contribution in [2.75, 3.05) is 38.1 Å². The zero-order valence-corrected chi connectivity index (χ0v) is 13.2. The molecule has 1 aliphatic rings. The van der Waals surface area contributed by atoms with Gasteiger partial charge >= 0.3 is 0 Å². The second-order valence-electron chi connectivity index (χ2n) is 6.15. The van der Waals surface area contributed by atoms with E-state index < -0.39 is 0 Å². The van der Waals surface area contributed by atoms with E-state index in [2.05, 4.69) is 56.7 Å². The minimum absolute atomic E-state index is 0.739. The first-order chi connectivity index (χ1) is 10.6. The third-order valence-corrected chi connectivity index (χ3v) is 4.53. The summed E-state index contributed by atoms with van der Waals surface area (Å²) < 4.78 is 2.11. The van der Waals surface area contributed by atoms with Crippen LogP contribution < -0.4 is 4.90 Å². The second-order valence-corrected chi connectivity index (χ2v) is 6.15. The van der Waals surface area contributed by atoms with Gasteiger partial charge in [0, 0.05) is 38.6 Å². The fourth-order valence-electron chi connectivity index (χ4n) is 3.10. The fourth-order valence-corrected chi connectivity index (χ4v) is 3.10. The van der Waals surface area contributed by atoms with Crippen LogP contribution >= 0.6 is 0 Å². The number of likely N-dealkylation sites (N-methyl/N-ethyl adjacent to an activating group) is 1. The van der Waals surface area contributed by atoms with Crippen LogP contribution in [0.25, 0.3) is 22.1 Å². The topological polar surface area (TPSA) is 50.1 Å². The number of rotatable bonds is 1. The molecule has 6 heteroatoms. The van der Waals surface area contributed by atoms with Crippen LogP contribution in [0.1, 0.15) is 5.56 Å². The highest BCUT2D eigenvalue weighted by Gasteiger charge is 2.19. The van der Waals surface area contributed by atoms with Crippen molar-refractivity contribution in [2.24, 2.45) is 7.05 Å². The largest absolute Gasteiger partial charge is 0.337 e. The molecule has 0 atom stereocenters. The molecular weight excluding hydrogens is 276 g/mol. The molecule has 4 rings (SSSR count). The Balaban J connectivity index is 1.84. The lowest BCUT2D eigenvalue weighted by atomic mass is 10.2. The van der Waals surface area contributed by atoms with Crippen LogP contribution in [-0.4, -0.2) is 57.9 Å². The Morgan fingerprint density at radius 1 is 1.00 bits per heavy atom. The molecule has 1 aliphatic heterocycles. The SMILES string of the molecule is Cc1ccc2c(c1)c1nnc(N3CCN(C)CC3)nc1n2C. The number of piperazine rings is 1. The Hall–Kier alpha value is -2.21. The summed E-state index contributed by atoms with van der Waals surface area (Å²) in [5.74, 6) is 0.739. The average molecular weight is 296 g/mol. The molecule has 1 saturated heterocycles. The van der Waals surface area contributed by atoms with Crippen LogP contribution in [0.5, 0.6) is 0 Å². The smallest absolute Gasteiger partial charge is 0.247 e. The van der Waals surface area contributed by atoms with Gasteiger partial charge in [-0.05, 0) is 26.1 Å². The maximum Gasteiger partial charge on any atom is 0.247 e. The monoisotopic (exact) mass is 296 g/mol. The van der Waals surface area contributed by atoms with E-state index in [0.29, 0.717) is 0 Å². The van der Waals surface area contributed by atoms with Crippen molar-refractivity contribution < 1.29 is 0 Å². The Kier molecular flexibility index (Phi) is 3.00. The van der Waals surface area contributed by atoms with Crippen molar-refractivity contribution in [1.29, 1.82) is 0 Å². The van der Waals surface area contributed by atoms with Gasteiger partial charge in [-0.2, -0.15) is 4.98 Å². The number of aromatic nitrogens is 4. The molecule has 1 aromatic carbocycles. The predicted octanol–water partition coefficient (Wildman–Crippen LogP) is 1.58. The van der Waals surface area contributed by atoms with Crippen molar-refractivity contribution in [3.63, 3.8) is 0 Å². The highest BCUT2D eigenvalue weighted by Crippen LogP contribution is 2.26. The number of fused-ring (bicyclic) bond motifs is 3. The lowest BCUT2D eigenvalue weighted by Crippen LogP contribution is -2.45. The number of aryl methyl sites for hydroxylation is 2. The van der Waals surface area contributed by atoms with Crippen LogP contribution in [0.4, 0.5) is 5.95 Å². The molecule has 6 nitrogen and oxygen atoms in total. The molecule has 0 saturated carbocycles. The normalized spacial score (nSPS) is 16.8. The molecule has 0 radical (unpaired) electrons. The van der Waals surface area contributed by atoms with E-state index >= 15 is 0 Å². The van der Waals surface area contributed by atoms with E-state index in [0.717, 1.165) is 54.2 Å². The predicted molar refractivity (Wildman–Crippen MR) is 88.3 cm³/mol. The second kappa shape index (κ2) is 4.91. The Labute approximate surface area is 129 Å². The van der Waals surface area contributed by atoms with Gasteiger partial charge in [0.05, 0.1) is 5.52 Å². The van der Waals surface area contributed by atoms with Crippen LogP contribution in [0.2, 0.25) is 0 Å². The molecule has 0 N–H and O–H groups in total. The molecule has 3 heterocycles. The third kappa shape index (κ3) is 2.02. The van der Waals surface area contributed by atoms with E-state index in [1.54, 1.807) is 0 Å². The standard InChI is InChI=1S/C16H20N6/c1-11-4-5-13-12(10-11)14-15(21(13)3)17-16(19-18-14)22-8-6-20(2)7-9-22/h4-5,10H,6-9H2,1-3H3. The highest BCUT2D eigenvalue weighted by atomic mass is 15.4. The summed E-state index contributed by atoms with van der Waals surface area (Å²) in [7, 11) is 4.19. The molecule has 2 aromatic heterocycles. The summed E-state index contributed by atoms with van der Waals surface area (Å²) in [6.07, 6.45) is 0. The molecule has 0 unspecified atom stereocenters. The van der Waals surface area contributed by atoms with Crippen LogP contribution in [0, 0.1) is 6.92 Å². The molecular formula is C16H20N6. The first-order valence-corrected chi connectivity index (χ1v) is 7.66. The lowest BCUT2D eigenvalue weighted by Gasteiger charge is -2.31. The fraction of sp³-hybridized carbons (Fsp3) is 0.438. The van der Waals surface area contributed by atoms with Gasteiger partial charge in [-0.15, -0.1) is 10.2 Å². The molecule has 22 heavy (non-hydrogen) atoms. The van der Waals surface area contributed by atoms with Gasteiger partial charge in [0.1, 0.15) is 5.52 Å². The molecule has 114 valence electrons. The van der Waals surface area contributed by atoms with E-state index in [4.69, 9.17) is 4.98 Å². The van der Waals surface area contributed by atoms with Crippen molar-refractivity contribution in [3.05, 3.63) is 23.8 Å². The average Bonchev–Trinajstić information content (AvgIpc) is 2.80. The van der Waals surface area contributed by atoms with Gasteiger partial charge in [0.15, 0.2) is 5.65 Å².